The molecular formula is C27H27N5O3. The van der Waals surface area contributed by atoms with E-state index in [4.69, 9.17) is 10.5 Å². The fourth-order valence-electron chi connectivity index (χ4n) is 4.78. The molecule has 178 valence electrons. The summed E-state index contributed by atoms with van der Waals surface area (Å²) in [5.41, 5.74) is 8.49. The van der Waals surface area contributed by atoms with Crippen LogP contribution in [0.3, 0.4) is 0 Å². The molecule has 2 amide bonds. The zero-order valence-electron chi connectivity index (χ0n) is 19.7. The Bertz CT molecular complexity index is 1310. The highest BCUT2D eigenvalue weighted by Crippen LogP contribution is 2.36. The molecule has 8 heteroatoms. The average Bonchev–Trinajstić information content (AvgIpc) is 3.36. The first-order valence-electron chi connectivity index (χ1n) is 11.5. The lowest BCUT2D eigenvalue weighted by Gasteiger charge is -2.25. The number of ether oxygens (including phenoxy) is 1. The van der Waals surface area contributed by atoms with Crippen molar-refractivity contribution in [2.75, 3.05) is 25.1 Å². The molecule has 0 saturated carbocycles. The van der Waals surface area contributed by atoms with Gasteiger partial charge in [0.15, 0.2) is 11.5 Å². The van der Waals surface area contributed by atoms with E-state index < -0.39 is 5.54 Å². The third-order valence-corrected chi connectivity index (χ3v) is 6.70. The predicted octanol–water partition coefficient (Wildman–Crippen LogP) is 3.18. The number of nitrogens with zero attached hydrogens (tertiary/aromatic N) is 4. The van der Waals surface area contributed by atoms with Crippen LogP contribution >= 0.6 is 0 Å². The number of carbonyl (C=O) groups is 2. The maximum atomic E-state index is 13.6. The quantitative estimate of drug-likeness (QED) is 0.598. The molecule has 5 rings (SSSR count). The molecule has 35 heavy (non-hydrogen) atoms. The van der Waals surface area contributed by atoms with Gasteiger partial charge in [-0.3, -0.25) is 19.5 Å². The van der Waals surface area contributed by atoms with Gasteiger partial charge >= 0.3 is 0 Å². The van der Waals surface area contributed by atoms with Crippen LogP contribution in [0, 0.1) is 5.92 Å². The first kappa shape index (κ1) is 22.6. The molecule has 1 aromatic heterocycles. The average molecular weight is 470 g/mol. The van der Waals surface area contributed by atoms with E-state index in [1.807, 2.05) is 60.7 Å². The highest BCUT2D eigenvalue weighted by molar-refractivity contribution is 6.07. The number of carbonyl (C=O) groups excluding carboxylic acids is 2. The normalized spacial score (nSPS) is 22.0. The summed E-state index contributed by atoms with van der Waals surface area (Å²) in [5.74, 6) is 0.654. The fourth-order valence-corrected chi connectivity index (χ4v) is 4.78. The SMILES string of the molecule is COc1cncc(-c2cccc(C3(C)N=C(N)N(C[C@H]4CC(=O)N(c5ccccc5)C4)C3=O)c2)c1. The highest BCUT2D eigenvalue weighted by atomic mass is 16.5. The number of aliphatic imine (C=N–C) groups is 1. The number of nitrogens with two attached hydrogens (primary N) is 1. The first-order chi connectivity index (χ1) is 16.9. The molecule has 0 radical (unpaired) electrons. The number of para-hydroxylation sites is 1. The summed E-state index contributed by atoms with van der Waals surface area (Å²) >= 11 is 0. The van der Waals surface area contributed by atoms with Crippen LogP contribution in [0.4, 0.5) is 5.69 Å². The van der Waals surface area contributed by atoms with Crippen molar-refractivity contribution in [3.05, 3.63) is 78.6 Å². The second-order valence-electron chi connectivity index (χ2n) is 9.06. The molecule has 0 aliphatic carbocycles. The van der Waals surface area contributed by atoms with Crippen molar-refractivity contribution in [1.82, 2.24) is 9.88 Å². The molecule has 3 aromatic rings. The summed E-state index contributed by atoms with van der Waals surface area (Å²) in [5, 5.41) is 0. The molecular weight excluding hydrogens is 442 g/mol. The number of hydrogen-bond acceptors (Lipinski definition) is 6. The van der Waals surface area contributed by atoms with Crippen LogP contribution in [0.5, 0.6) is 5.75 Å². The van der Waals surface area contributed by atoms with Gasteiger partial charge in [-0.2, -0.15) is 0 Å². The van der Waals surface area contributed by atoms with E-state index in [0.29, 0.717) is 25.3 Å². The second kappa shape index (κ2) is 8.87. The monoisotopic (exact) mass is 469 g/mol. The lowest BCUT2D eigenvalue weighted by atomic mass is 9.89. The Kier molecular flexibility index (Phi) is 5.72. The molecule has 2 N–H and O–H groups in total. The number of aromatic nitrogens is 1. The molecule has 8 nitrogen and oxygen atoms in total. The van der Waals surface area contributed by atoms with E-state index >= 15 is 0 Å². The van der Waals surface area contributed by atoms with Crippen LogP contribution in [0.1, 0.15) is 18.9 Å². The van der Waals surface area contributed by atoms with Gasteiger partial charge in [-0.05, 0) is 42.3 Å². The van der Waals surface area contributed by atoms with Gasteiger partial charge in [0.05, 0.1) is 13.3 Å². The molecule has 0 bridgehead atoms. The van der Waals surface area contributed by atoms with E-state index in [-0.39, 0.29) is 23.7 Å². The summed E-state index contributed by atoms with van der Waals surface area (Å²) < 4.78 is 5.29. The number of anilines is 1. The number of hydrogen-bond donors (Lipinski definition) is 1. The molecule has 2 aliphatic heterocycles. The van der Waals surface area contributed by atoms with Crippen molar-refractivity contribution in [3.8, 4) is 16.9 Å². The van der Waals surface area contributed by atoms with Crippen LogP contribution < -0.4 is 15.4 Å². The standard InChI is InChI=1S/C27H27N5O3/c1-27(21-8-6-7-19(12-21)20-13-23(35-2)15-29-14-20)25(34)32(26(28)30-27)17-18-11-24(33)31(16-18)22-9-4-3-5-10-22/h3-10,12-15,18H,11,16-17H2,1-2H3,(H2,28,30)/t18-,27?/m0/s1. The first-order valence-corrected chi connectivity index (χ1v) is 11.5. The van der Waals surface area contributed by atoms with Gasteiger partial charge in [-0.1, -0.05) is 36.4 Å². The van der Waals surface area contributed by atoms with Crippen LogP contribution in [0.15, 0.2) is 78.0 Å². The Morgan fingerprint density at radius 2 is 1.86 bits per heavy atom. The molecule has 2 aliphatic rings. The van der Waals surface area contributed by atoms with Crippen LogP contribution in [0.2, 0.25) is 0 Å². The Morgan fingerprint density at radius 3 is 2.63 bits per heavy atom. The molecule has 1 fully saturated rings. The van der Waals surface area contributed by atoms with Gasteiger partial charge in [-0.15, -0.1) is 0 Å². The third-order valence-electron chi connectivity index (χ3n) is 6.70. The van der Waals surface area contributed by atoms with Gasteiger partial charge in [-0.25, -0.2) is 4.99 Å². The van der Waals surface area contributed by atoms with Crippen molar-refractivity contribution >= 4 is 23.5 Å². The van der Waals surface area contributed by atoms with Gasteiger partial charge < -0.3 is 15.4 Å². The van der Waals surface area contributed by atoms with Gasteiger partial charge in [0.2, 0.25) is 5.91 Å². The van der Waals surface area contributed by atoms with Crippen LogP contribution in [0.25, 0.3) is 11.1 Å². The van der Waals surface area contributed by atoms with Crippen molar-refractivity contribution in [1.29, 1.82) is 0 Å². The maximum Gasteiger partial charge on any atom is 0.261 e. The van der Waals surface area contributed by atoms with Gasteiger partial charge in [0.25, 0.3) is 5.91 Å². The van der Waals surface area contributed by atoms with E-state index in [1.54, 1.807) is 31.3 Å². The topological polar surface area (TPSA) is 101 Å². The summed E-state index contributed by atoms with van der Waals surface area (Å²) in [7, 11) is 1.60. The van der Waals surface area contributed by atoms with Crippen molar-refractivity contribution in [2.24, 2.45) is 16.6 Å². The Morgan fingerprint density at radius 1 is 1.06 bits per heavy atom. The number of guanidine groups is 1. The van der Waals surface area contributed by atoms with Crippen molar-refractivity contribution in [2.45, 2.75) is 18.9 Å². The third kappa shape index (κ3) is 4.12. The molecule has 0 spiro atoms. The molecule has 3 heterocycles. The lowest BCUT2D eigenvalue weighted by Crippen LogP contribution is -2.44. The zero-order chi connectivity index (χ0) is 24.6. The Hall–Kier alpha value is -4.20. The second-order valence-corrected chi connectivity index (χ2v) is 9.06. The molecule has 1 unspecified atom stereocenters. The number of rotatable bonds is 6. The van der Waals surface area contributed by atoms with Crippen LogP contribution in [-0.2, 0) is 15.1 Å². The largest absolute Gasteiger partial charge is 0.495 e. The molecule has 1 saturated heterocycles. The summed E-state index contributed by atoms with van der Waals surface area (Å²) in [6.45, 7) is 2.66. The number of benzene rings is 2. The number of methoxy groups -OCH3 is 1. The zero-order valence-corrected chi connectivity index (χ0v) is 19.7. The minimum Gasteiger partial charge on any atom is -0.495 e. The summed E-state index contributed by atoms with van der Waals surface area (Å²) in [4.78, 5) is 38.4. The lowest BCUT2D eigenvalue weighted by molar-refractivity contribution is -0.131. The van der Waals surface area contributed by atoms with E-state index in [2.05, 4.69) is 9.98 Å². The predicted molar refractivity (Wildman–Crippen MR) is 134 cm³/mol. The number of amides is 2. The van der Waals surface area contributed by atoms with Crippen LogP contribution in [-0.4, -0.2) is 47.9 Å². The summed E-state index contributed by atoms with van der Waals surface area (Å²) in [6.07, 6.45) is 3.76. The Balaban J connectivity index is 1.36. The highest BCUT2D eigenvalue weighted by Gasteiger charge is 2.46. The van der Waals surface area contributed by atoms with E-state index in [1.165, 1.54) is 4.90 Å². The maximum absolute atomic E-state index is 13.6. The Labute approximate surface area is 204 Å². The van der Waals surface area contributed by atoms with Crippen molar-refractivity contribution < 1.29 is 14.3 Å². The fraction of sp³-hybridized carbons (Fsp3) is 0.259. The number of pyridine rings is 1. The minimum atomic E-state index is -1.14. The smallest absolute Gasteiger partial charge is 0.261 e. The van der Waals surface area contributed by atoms with Gasteiger partial charge in [0.1, 0.15) is 5.75 Å². The summed E-state index contributed by atoms with van der Waals surface area (Å²) in [6, 6.07) is 19.1. The molecule has 2 atom stereocenters. The molecule has 2 aromatic carbocycles. The van der Waals surface area contributed by atoms with Crippen molar-refractivity contribution in [3.63, 3.8) is 0 Å². The van der Waals surface area contributed by atoms with E-state index in [9.17, 15) is 9.59 Å². The van der Waals surface area contributed by atoms with E-state index in [0.717, 1.165) is 22.4 Å². The van der Waals surface area contributed by atoms with Gasteiger partial charge in [0, 0.05) is 42.9 Å². The minimum absolute atomic E-state index is 0.0306.